The van der Waals surface area contributed by atoms with Gasteiger partial charge in [0.15, 0.2) is 0 Å². The number of amides is 2. The molecule has 0 N–H and O–H groups in total. The lowest BCUT2D eigenvalue weighted by molar-refractivity contribution is -0.118. The molecule has 2 aliphatic rings. The molecule has 1 aromatic heterocycles. The fourth-order valence-electron chi connectivity index (χ4n) is 3.62. The number of piperazine rings is 2. The van der Waals surface area contributed by atoms with Crippen molar-refractivity contribution in [2.75, 3.05) is 62.2 Å². The quantitative estimate of drug-likeness (QED) is 0.728. The molecular formula is C20H24N6O2. The van der Waals surface area contributed by atoms with Gasteiger partial charge in [0.25, 0.3) is 5.91 Å². The molecule has 0 bridgehead atoms. The van der Waals surface area contributed by atoms with Crippen LogP contribution in [0.2, 0.25) is 0 Å². The van der Waals surface area contributed by atoms with Gasteiger partial charge in [0.1, 0.15) is 11.5 Å². The van der Waals surface area contributed by atoms with E-state index in [1.54, 1.807) is 17.3 Å². The normalized spacial score (nSPS) is 17.6. The highest BCUT2D eigenvalue weighted by Gasteiger charge is 2.24. The van der Waals surface area contributed by atoms with E-state index >= 15 is 0 Å². The lowest BCUT2D eigenvalue weighted by Crippen LogP contribution is -2.49. The molecule has 0 saturated carbocycles. The van der Waals surface area contributed by atoms with E-state index in [1.807, 2.05) is 23.1 Å². The molecule has 3 heterocycles. The molecule has 0 atom stereocenters. The Morgan fingerprint density at radius 3 is 2.11 bits per heavy atom. The van der Waals surface area contributed by atoms with E-state index < -0.39 is 0 Å². The predicted octanol–water partition coefficient (Wildman–Crippen LogP) is 0.717. The monoisotopic (exact) mass is 380 g/mol. The maximum Gasteiger partial charge on any atom is 0.274 e. The molecule has 2 fully saturated rings. The number of carbonyl (C=O) groups excluding carboxylic acids is 2. The summed E-state index contributed by atoms with van der Waals surface area (Å²) in [4.78, 5) is 40.3. The maximum atomic E-state index is 12.8. The number of rotatable bonds is 4. The van der Waals surface area contributed by atoms with E-state index in [2.05, 4.69) is 31.9 Å². The van der Waals surface area contributed by atoms with Crippen molar-refractivity contribution in [2.45, 2.75) is 0 Å². The third-order valence-corrected chi connectivity index (χ3v) is 5.33. The highest BCUT2D eigenvalue weighted by molar-refractivity contribution is 5.92. The Morgan fingerprint density at radius 1 is 0.821 bits per heavy atom. The lowest BCUT2D eigenvalue weighted by atomic mass is 10.2. The summed E-state index contributed by atoms with van der Waals surface area (Å²) in [5, 5.41) is 0. The van der Waals surface area contributed by atoms with Gasteiger partial charge < -0.3 is 19.6 Å². The van der Waals surface area contributed by atoms with Crippen LogP contribution in [0, 0.1) is 0 Å². The Labute approximate surface area is 164 Å². The highest BCUT2D eigenvalue weighted by atomic mass is 16.2. The first-order valence-corrected chi connectivity index (χ1v) is 9.60. The zero-order chi connectivity index (χ0) is 19.3. The summed E-state index contributed by atoms with van der Waals surface area (Å²) in [5.74, 6) is 0.675. The Bertz CT molecular complexity index is 797. The number of hydrogen-bond acceptors (Lipinski definition) is 6. The van der Waals surface area contributed by atoms with Crippen molar-refractivity contribution in [2.24, 2.45) is 0 Å². The number of anilines is 2. The van der Waals surface area contributed by atoms with Crippen molar-refractivity contribution in [1.29, 1.82) is 0 Å². The topological polar surface area (TPSA) is 72.9 Å². The van der Waals surface area contributed by atoms with E-state index in [1.165, 1.54) is 5.69 Å². The van der Waals surface area contributed by atoms with E-state index in [0.29, 0.717) is 31.9 Å². The molecule has 2 aliphatic heterocycles. The third kappa shape index (κ3) is 3.90. The minimum atomic E-state index is -0.0717. The van der Waals surface area contributed by atoms with Crippen LogP contribution in [-0.4, -0.2) is 84.4 Å². The average Bonchev–Trinajstić information content (AvgIpc) is 2.79. The second-order valence-corrected chi connectivity index (χ2v) is 7.00. The van der Waals surface area contributed by atoms with Gasteiger partial charge in [-0.05, 0) is 12.1 Å². The van der Waals surface area contributed by atoms with Crippen molar-refractivity contribution in [3.05, 3.63) is 48.4 Å². The molecule has 146 valence electrons. The lowest BCUT2D eigenvalue weighted by Gasteiger charge is -2.36. The molecule has 2 saturated heterocycles. The van der Waals surface area contributed by atoms with E-state index in [9.17, 15) is 9.59 Å². The summed E-state index contributed by atoms with van der Waals surface area (Å²) in [6, 6.07) is 10.3. The number of aromatic nitrogens is 2. The van der Waals surface area contributed by atoms with E-state index in [-0.39, 0.29) is 5.91 Å². The van der Waals surface area contributed by atoms with Crippen molar-refractivity contribution in [3.8, 4) is 0 Å². The van der Waals surface area contributed by atoms with Crippen LogP contribution in [0.4, 0.5) is 11.5 Å². The van der Waals surface area contributed by atoms with Gasteiger partial charge in [-0.15, -0.1) is 0 Å². The number of hydrogen-bond donors (Lipinski definition) is 0. The van der Waals surface area contributed by atoms with Crippen LogP contribution in [0.3, 0.4) is 0 Å². The second kappa shape index (κ2) is 8.24. The molecule has 2 amide bonds. The van der Waals surface area contributed by atoms with Crippen LogP contribution in [0.25, 0.3) is 0 Å². The van der Waals surface area contributed by atoms with Crippen LogP contribution >= 0.6 is 0 Å². The Morgan fingerprint density at radius 2 is 1.50 bits per heavy atom. The average molecular weight is 380 g/mol. The van der Waals surface area contributed by atoms with Crippen LogP contribution in [0.5, 0.6) is 0 Å². The first kappa shape index (κ1) is 18.2. The van der Waals surface area contributed by atoms with Crippen molar-refractivity contribution in [3.63, 3.8) is 0 Å². The van der Waals surface area contributed by atoms with Crippen LogP contribution < -0.4 is 9.80 Å². The summed E-state index contributed by atoms with van der Waals surface area (Å²) in [7, 11) is 0. The van der Waals surface area contributed by atoms with E-state index in [4.69, 9.17) is 0 Å². The first-order valence-electron chi connectivity index (χ1n) is 9.60. The van der Waals surface area contributed by atoms with Gasteiger partial charge in [-0.3, -0.25) is 9.59 Å². The fourth-order valence-corrected chi connectivity index (χ4v) is 3.62. The van der Waals surface area contributed by atoms with Gasteiger partial charge in [0.2, 0.25) is 6.41 Å². The molecule has 8 heteroatoms. The fraction of sp³-hybridized carbons (Fsp3) is 0.400. The van der Waals surface area contributed by atoms with Gasteiger partial charge in [-0.1, -0.05) is 18.2 Å². The van der Waals surface area contributed by atoms with Gasteiger partial charge >= 0.3 is 0 Å². The molecular weight excluding hydrogens is 356 g/mol. The van der Waals surface area contributed by atoms with Gasteiger partial charge in [0, 0.05) is 58.0 Å². The summed E-state index contributed by atoms with van der Waals surface area (Å²) in [6.45, 7) is 5.76. The molecule has 0 unspecified atom stereocenters. The largest absolute Gasteiger partial charge is 0.368 e. The number of carbonyl (C=O) groups is 2. The number of benzene rings is 1. The maximum absolute atomic E-state index is 12.8. The summed E-state index contributed by atoms with van der Waals surface area (Å²) in [6.07, 6.45) is 4.10. The van der Waals surface area contributed by atoms with Crippen LogP contribution in [0.1, 0.15) is 10.5 Å². The second-order valence-electron chi connectivity index (χ2n) is 7.00. The molecule has 28 heavy (non-hydrogen) atoms. The minimum Gasteiger partial charge on any atom is -0.368 e. The molecule has 0 radical (unpaired) electrons. The highest BCUT2D eigenvalue weighted by Crippen LogP contribution is 2.17. The van der Waals surface area contributed by atoms with Crippen molar-refractivity contribution in [1.82, 2.24) is 19.8 Å². The molecule has 0 spiro atoms. The Kier molecular flexibility index (Phi) is 5.36. The molecule has 4 rings (SSSR count). The van der Waals surface area contributed by atoms with E-state index in [0.717, 1.165) is 38.4 Å². The Balaban J connectivity index is 1.33. The van der Waals surface area contributed by atoms with Crippen LogP contribution in [-0.2, 0) is 4.79 Å². The van der Waals surface area contributed by atoms with Crippen molar-refractivity contribution >= 4 is 23.8 Å². The van der Waals surface area contributed by atoms with Crippen LogP contribution in [0.15, 0.2) is 42.7 Å². The smallest absolute Gasteiger partial charge is 0.274 e. The first-order chi connectivity index (χ1) is 13.7. The predicted molar refractivity (Wildman–Crippen MR) is 106 cm³/mol. The van der Waals surface area contributed by atoms with Gasteiger partial charge in [0.05, 0.1) is 12.4 Å². The summed E-state index contributed by atoms with van der Waals surface area (Å²) < 4.78 is 0. The SMILES string of the molecule is O=CN1CCN(c2cnc(C(=O)N3CCN(c4ccccc4)CC3)cn2)CC1. The zero-order valence-electron chi connectivity index (χ0n) is 15.8. The summed E-state index contributed by atoms with van der Waals surface area (Å²) in [5.41, 5.74) is 1.57. The third-order valence-electron chi connectivity index (χ3n) is 5.33. The number of nitrogens with zero attached hydrogens (tertiary/aromatic N) is 6. The minimum absolute atomic E-state index is 0.0717. The van der Waals surface area contributed by atoms with Crippen molar-refractivity contribution < 1.29 is 9.59 Å². The van der Waals surface area contributed by atoms with Gasteiger partial charge in [-0.2, -0.15) is 0 Å². The number of para-hydroxylation sites is 1. The molecule has 2 aromatic rings. The molecule has 0 aliphatic carbocycles. The zero-order valence-corrected chi connectivity index (χ0v) is 15.8. The summed E-state index contributed by atoms with van der Waals surface area (Å²) >= 11 is 0. The molecule has 8 nitrogen and oxygen atoms in total. The Hall–Kier alpha value is -3.16. The molecule has 1 aromatic carbocycles. The standard InChI is InChI=1S/C20H24N6O2/c27-16-23-6-8-25(9-7-23)19-15-21-18(14-22-19)20(28)26-12-10-24(11-13-26)17-4-2-1-3-5-17/h1-5,14-16H,6-13H2. The van der Waals surface area contributed by atoms with Gasteiger partial charge in [-0.25, -0.2) is 9.97 Å².